The fraction of sp³-hybridized carbons (Fsp3) is 0.375. The molecule has 0 bridgehead atoms. The summed E-state index contributed by atoms with van der Waals surface area (Å²) < 4.78 is 16.6. The average Bonchev–Trinajstić information content (AvgIpc) is 2.61. The molecule has 1 nitrogen and oxygen atoms in total. The van der Waals surface area contributed by atoms with Gasteiger partial charge in [0.15, 0.2) is 5.69 Å². The highest BCUT2D eigenvalue weighted by Gasteiger charge is 2.24. The maximum absolute atomic E-state index is 14.4. The van der Waals surface area contributed by atoms with Gasteiger partial charge in [0.1, 0.15) is 12.9 Å². The van der Waals surface area contributed by atoms with Crippen molar-refractivity contribution in [1.29, 1.82) is 0 Å². The lowest BCUT2D eigenvalue weighted by molar-refractivity contribution is -0.665. The van der Waals surface area contributed by atoms with E-state index in [-0.39, 0.29) is 5.82 Å². The van der Waals surface area contributed by atoms with Gasteiger partial charge in [-0.3, -0.25) is 0 Å². The van der Waals surface area contributed by atoms with E-state index < -0.39 is 0 Å². The van der Waals surface area contributed by atoms with E-state index in [9.17, 15) is 4.39 Å². The largest absolute Gasteiger partial charge is 0.220 e. The Hall–Kier alpha value is -2.22. The molecule has 0 amide bonds. The molecule has 3 rings (SSSR count). The van der Waals surface area contributed by atoms with Crippen molar-refractivity contribution in [1.82, 2.24) is 0 Å². The van der Waals surface area contributed by atoms with Crippen molar-refractivity contribution in [3.8, 4) is 11.3 Å². The highest BCUT2D eigenvalue weighted by molar-refractivity contribution is 5.96. The minimum atomic E-state index is -0.0934. The van der Waals surface area contributed by atoms with Gasteiger partial charge >= 0.3 is 0 Å². The van der Waals surface area contributed by atoms with Crippen molar-refractivity contribution < 1.29 is 8.96 Å². The predicted molar refractivity (Wildman–Crippen MR) is 108 cm³/mol. The average molecular weight is 351 g/mol. The Balaban J connectivity index is 2.48. The second-order valence-corrected chi connectivity index (χ2v) is 7.88. The van der Waals surface area contributed by atoms with Crippen LogP contribution in [0.1, 0.15) is 53.3 Å². The van der Waals surface area contributed by atoms with Crippen molar-refractivity contribution in [3.63, 3.8) is 0 Å². The van der Waals surface area contributed by atoms with E-state index in [0.29, 0.717) is 11.5 Å². The molecular weight excluding hydrogens is 321 g/mol. The maximum atomic E-state index is 14.4. The maximum Gasteiger partial charge on any atom is 0.220 e. The van der Waals surface area contributed by atoms with Crippen molar-refractivity contribution in [2.24, 2.45) is 7.05 Å². The molecule has 0 saturated carbocycles. The molecule has 0 aliphatic rings. The van der Waals surface area contributed by atoms with Crippen molar-refractivity contribution in [2.75, 3.05) is 0 Å². The zero-order chi connectivity index (χ0) is 19.3. The summed E-state index contributed by atoms with van der Waals surface area (Å²) in [4.78, 5) is 0. The van der Waals surface area contributed by atoms with E-state index in [1.54, 1.807) is 0 Å². The molecule has 2 heteroatoms. The molecule has 0 N–H and O–H groups in total. The van der Waals surface area contributed by atoms with Crippen molar-refractivity contribution in [2.45, 2.75) is 54.4 Å². The first kappa shape index (κ1) is 18.6. The summed E-state index contributed by atoms with van der Waals surface area (Å²) in [6.45, 7) is 14.6. The Bertz CT molecular complexity index is 1030. The van der Waals surface area contributed by atoms with E-state index in [0.717, 1.165) is 16.7 Å². The van der Waals surface area contributed by atoms with Crippen LogP contribution in [-0.2, 0) is 7.05 Å². The monoisotopic (exact) mass is 350 g/mol. The summed E-state index contributed by atoms with van der Waals surface area (Å²) in [5, 5.41) is 2.52. The van der Waals surface area contributed by atoms with E-state index in [4.69, 9.17) is 0 Å². The summed E-state index contributed by atoms with van der Waals surface area (Å²) in [7, 11) is 2.11. The smallest absolute Gasteiger partial charge is 0.206 e. The zero-order valence-electron chi connectivity index (χ0n) is 17.2. The number of halogens is 1. The summed E-state index contributed by atoms with van der Waals surface area (Å²) >= 11 is 0. The molecule has 2 aromatic carbocycles. The molecule has 0 atom stereocenters. The number of aromatic nitrogens is 1. The number of hydrogen-bond acceptors (Lipinski definition) is 0. The molecule has 136 valence electrons. The van der Waals surface area contributed by atoms with Gasteiger partial charge in [-0.1, -0.05) is 26.0 Å². The Morgan fingerprint density at radius 2 is 1.50 bits per heavy atom. The number of nitrogens with zero attached hydrogens (tertiary/aromatic N) is 1. The molecule has 0 aliphatic carbocycles. The Morgan fingerprint density at radius 1 is 0.846 bits per heavy atom. The van der Waals surface area contributed by atoms with Gasteiger partial charge in [-0.25, -0.2) is 4.39 Å². The normalized spacial score (nSPS) is 11.6. The topological polar surface area (TPSA) is 3.88 Å². The van der Waals surface area contributed by atoms with Gasteiger partial charge in [-0.05, 0) is 73.4 Å². The first-order valence-electron chi connectivity index (χ1n) is 9.34. The van der Waals surface area contributed by atoms with E-state index in [1.807, 2.05) is 26.8 Å². The van der Waals surface area contributed by atoms with Gasteiger partial charge in [-0.2, -0.15) is 4.57 Å². The lowest BCUT2D eigenvalue weighted by atomic mass is 9.90. The molecule has 0 radical (unpaired) electrons. The molecule has 3 aromatic rings. The van der Waals surface area contributed by atoms with Gasteiger partial charge in [0.2, 0.25) is 5.69 Å². The number of aryl methyl sites for hydroxylation is 2. The van der Waals surface area contributed by atoms with Gasteiger partial charge in [0.25, 0.3) is 0 Å². The highest BCUT2D eigenvalue weighted by atomic mass is 19.1. The van der Waals surface area contributed by atoms with E-state index in [1.165, 1.54) is 33.3 Å². The van der Waals surface area contributed by atoms with Crippen LogP contribution in [0.4, 0.5) is 4.39 Å². The van der Waals surface area contributed by atoms with Crippen LogP contribution in [0.25, 0.3) is 22.0 Å². The minimum absolute atomic E-state index is 0.0934. The Morgan fingerprint density at radius 3 is 2.12 bits per heavy atom. The molecule has 1 aromatic heterocycles. The first-order valence-corrected chi connectivity index (χ1v) is 9.34. The third kappa shape index (κ3) is 2.72. The summed E-state index contributed by atoms with van der Waals surface area (Å²) in [6, 6.07) is 8.78. The summed E-state index contributed by atoms with van der Waals surface area (Å²) in [6.07, 6.45) is 0. The molecule has 0 aliphatic heterocycles. The number of hydrogen-bond donors (Lipinski definition) is 0. The predicted octanol–water partition coefficient (Wildman–Crippen LogP) is 6.14. The van der Waals surface area contributed by atoms with Crippen LogP contribution in [-0.4, -0.2) is 0 Å². The number of rotatable bonds is 2. The van der Waals surface area contributed by atoms with Crippen LogP contribution in [0, 0.1) is 40.4 Å². The van der Waals surface area contributed by atoms with Crippen molar-refractivity contribution in [3.05, 3.63) is 63.6 Å². The minimum Gasteiger partial charge on any atom is -0.206 e. The molecule has 0 spiro atoms. The van der Waals surface area contributed by atoms with Crippen LogP contribution in [0.5, 0.6) is 0 Å². The van der Waals surface area contributed by atoms with Gasteiger partial charge < -0.3 is 0 Å². The first-order chi connectivity index (χ1) is 12.1. The lowest BCUT2D eigenvalue weighted by Gasteiger charge is -2.16. The molecule has 1 heterocycles. The molecule has 26 heavy (non-hydrogen) atoms. The van der Waals surface area contributed by atoms with Crippen molar-refractivity contribution >= 4 is 10.8 Å². The molecule has 0 unspecified atom stereocenters. The van der Waals surface area contributed by atoms with Crippen LogP contribution in [0.2, 0.25) is 0 Å². The second-order valence-electron chi connectivity index (χ2n) is 7.88. The Labute approximate surface area is 156 Å². The third-order valence-electron chi connectivity index (χ3n) is 6.01. The summed E-state index contributed by atoms with van der Waals surface area (Å²) in [5.41, 5.74) is 8.65. The highest BCUT2D eigenvalue weighted by Crippen LogP contribution is 2.35. The molecular formula is C24H29FN+. The van der Waals surface area contributed by atoms with Gasteiger partial charge in [0.05, 0.1) is 10.9 Å². The van der Waals surface area contributed by atoms with E-state index in [2.05, 4.69) is 57.5 Å². The SMILES string of the molecule is Cc1cc(-c2c3ccc(C(C)C)cc3c(C)c(C)[n+]2C)c(C)c(C)c1F. The standard InChI is InChI=1S/C24H29FN/c1-13(2)19-9-10-20-21(12-19)17(6)18(7)26(8)24(20)22-11-14(3)23(25)16(5)15(22)4/h9-13H,1-8H3/q+1. The lowest BCUT2D eigenvalue weighted by Crippen LogP contribution is -2.36. The second kappa shape index (κ2) is 6.50. The van der Waals surface area contributed by atoms with Crippen LogP contribution in [0.15, 0.2) is 24.3 Å². The third-order valence-corrected chi connectivity index (χ3v) is 6.01. The Kier molecular flexibility index (Phi) is 4.64. The fourth-order valence-corrected chi connectivity index (χ4v) is 3.85. The van der Waals surface area contributed by atoms with Crippen LogP contribution < -0.4 is 4.57 Å². The van der Waals surface area contributed by atoms with Gasteiger partial charge in [0, 0.05) is 12.5 Å². The van der Waals surface area contributed by atoms with E-state index >= 15 is 0 Å². The summed E-state index contributed by atoms with van der Waals surface area (Å²) in [5.74, 6) is 0.401. The van der Waals surface area contributed by atoms with Gasteiger partial charge in [-0.15, -0.1) is 0 Å². The molecule has 0 fully saturated rings. The quantitative estimate of drug-likeness (QED) is 0.489. The number of fused-ring (bicyclic) bond motifs is 1. The number of benzene rings is 2. The fourth-order valence-electron chi connectivity index (χ4n) is 3.85. The van der Waals surface area contributed by atoms with Crippen LogP contribution >= 0.6 is 0 Å². The molecule has 0 saturated heterocycles. The zero-order valence-corrected chi connectivity index (χ0v) is 17.2. The van der Waals surface area contributed by atoms with Crippen LogP contribution in [0.3, 0.4) is 0 Å². The number of pyridine rings is 1.